The number of ether oxygens (including phenoxy) is 5. The van der Waals surface area contributed by atoms with Gasteiger partial charge in [-0.1, -0.05) is 95.8 Å². The second kappa shape index (κ2) is 18.9. The van der Waals surface area contributed by atoms with Crippen LogP contribution in [-0.4, -0.2) is 57.5 Å². The Bertz CT molecular complexity index is 1150. The molecule has 43 heavy (non-hydrogen) atoms. The quantitative estimate of drug-likeness (QED) is 0.119. The van der Waals surface area contributed by atoms with Crippen LogP contribution >= 0.6 is 11.3 Å². The lowest BCUT2D eigenvalue weighted by Gasteiger charge is -2.46. The van der Waals surface area contributed by atoms with Gasteiger partial charge in [-0.2, -0.15) is 0 Å². The summed E-state index contributed by atoms with van der Waals surface area (Å²) in [5, 5.41) is 1.31. The van der Waals surface area contributed by atoms with E-state index in [4.69, 9.17) is 23.7 Å². The van der Waals surface area contributed by atoms with Gasteiger partial charge in [0.2, 0.25) is 0 Å². The number of unbranched alkanes of at least 4 members (excludes halogenated alkanes) is 4. The standard InChI is InChI=1S/C37H54O5S/c1-5-9-20-38-27-32-35(39-21-10-6-2)37(41-23-12-8-4)36(40-22-11-7-3)34(42-32)30-18-15-16-28(24-30)25-31-26-29-17-13-14-19-33(29)43-31/h13-19,24,26,32,34-37H,5-12,20-23,25,27H2,1-4H3/t32?,34-,35+,36-,37-/m0/s1. The minimum atomic E-state index is -0.267. The summed E-state index contributed by atoms with van der Waals surface area (Å²) in [6.07, 6.45) is 8.06. The van der Waals surface area contributed by atoms with Crippen LogP contribution in [0.3, 0.4) is 0 Å². The molecule has 0 bridgehead atoms. The highest BCUT2D eigenvalue weighted by molar-refractivity contribution is 7.19. The lowest BCUT2D eigenvalue weighted by molar-refractivity contribution is -0.268. The Morgan fingerprint density at radius 2 is 1.33 bits per heavy atom. The fourth-order valence-electron chi connectivity index (χ4n) is 5.63. The molecule has 1 aromatic heterocycles. The molecule has 2 aromatic carbocycles. The minimum Gasteiger partial charge on any atom is -0.379 e. The maximum absolute atomic E-state index is 6.98. The van der Waals surface area contributed by atoms with E-state index in [1.54, 1.807) is 0 Å². The molecule has 0 radical (unpaired) electrons. The van der Waals surface area contributed by atoms with E-state index >= 15 is 0 Å². The number of hydrogen-bond donors (Lipinski definition) is 0. The second-order valence-corrected chi connectivity index (χ2v) is 12.9. The number of hydrogen-bond acceptors (Lipinski definition) is 6. The molecule has 0 saturated carbocycles. The summed E-state index contributed by atoms with van der Waals surface area (Å²) in [5.74, 6) is 0. The van der Waals surface area contributed by atoms with Crippen LogP contribution in [0.5, 0.6) is 0 Å². The molecule has 0 N–H and O–H groups in total. The van der Waals surface area contributed by atoms with Crippen LogP contribution in [0.15, 0.2) is 54.6 Å². The first-order valence-corrected chi connectivity index (χ1v) is 17.6. The van der Waals surface area contributed by atoms with Gasteiger partial charge >= 0.3 is 0 Å². The number of fused-ring (bicyclic) bond motifs is 1. The first-order valence-electron chi connectivity index (χ1n) is 16.8. The van der Waals surface area contributed by atoms with E-state index in [-0.39, 0.29) is 30.5 Å². The Morgan fingerprint density at radius 3 is 2.02 bits per heavy atom. The molecule has 0 aliphatic carbocycles. The number of benzene rings is 2. The number of thiophene rings is 1. The predicted molar refractivity (Wildman–Crippen MR) is 178 cm³/mol. The molecule has 2 heterocycles. The molecule has 1 unspecified atom stereocenters. The summed E-state index contributed by atoms with van der Waals surface area (Å²) in [6.45, 7) is 12.0. The Morgan fingerprint density at radius 1 is 0.674 bits per heavy atom. The van der Waals surface area contributed by atoms with Gasteiger partial charge in [0.1, 0.15) is 30.5 Å². The average molecular weight is 611 g/mol. The number of rotatable bonds is 20. The fourth-order valence-corrected chi connectivity index (χ4v) is 6.73. The normalized spacial score (nSPS) is 22.4. The maximum atomic E-state index is 6.98. The van der Waals surface area contributed by atoms with Crippen molar-refractivity contribution in [3.8, 4) is 0 Å². The molecule has 1 aliphatic rings. The van der Waals surface area contributed by atoms with Gasteiger partial charge in [-0.25, -0.2) is 0 Å². The summed E-state index contributed by atoms with van der Waals surface area (Å²) < 4.78 is 34.5. The smallest absolute Gasteiger partial charge is 0.117 e. The Labute approximate surface area is 264 Å². The Kier molecular flexibility index (Phi) is 15.0. The minimum absolute atomic E-state index is 0.231. The van der Waals surface area contributed by atoms with Gasteiger partial charge < -0.3 is 23.7 Å². The van der Waals surface area contributed by atoms with Gasteiger partial charge in [0.25, 0.3) is 0 Å². The van der Waals surface area contributed by atoms with Crippen molar-refractivity contribution in [1.29, 1.82) is 0 Å². The zero-order valence-electron chi connectivity index (χ0n) is 26.9. The molecule has 0 spiro atoms. The predicted octanol–water partition coefficient (Wildman–Crippen LogP) is 9.30. The van der Waals surface area contributed by atoms with Crippen molar-refractivity contribution in [1.82, 2.24) is 0 Å². The topological polar surface area (TPSA) is 46.2 Å². The van der Waals surface area contributed by atoms with Crippen LogP contribution in [0.4, 0.5) is 0 Å². The van der Waals surface area contributed by atoms with Crippen LogP contribution < -0.4 is 0 Å². The molecule has 3 aromatic rings. The summed E-state index contributed by atoms with van der Waals surface area (Å²) in [7, 11) is 0. The molecule has 1 saturated heterocycles. The molecule has 1 aliphatic heterocycles. The SMILES string of the molecule is CCCCOCC1O[C@@H](c2cccc(Cc3cc4ccccc4s3)c2)[C@H](OCCCC)[C@@H](OCCCC)[C@@H]1OCCCC. The van der Waals surface area contributed by atoms with Crippen LogP contribution in [0.25, 0.3) is 10.1 Å². The molecule has 0 amide bonds. The van der Waals surface area contributed by atoms with Gasteiger partial charge in [0.15, 0.2) is 0 Å². The van der Waals surface area contributed by atoms with Crippen molar-refractivity contribution in [2.24, 2.45) is 0 Å². The second-order valence-electron chi connectivity index (χ2n) is 11.8. The zero-order chi connectivity index (χ0) is 30.3. The first kappa shape index (κ1) is 34.1. The monoisotopic (exact) mass is 610 g/mol. The summed E-state index contributed by atoms with van der Waals surface area (Å²) in [4.78, 5) is 1.37. The lowest BCUT2D eigenvalue weighted by Crippen LogP contribution is -2.58. The lowest BCUT2D eigenvalue weighted by atomic mass is 9.89. The highest BCUT2D eigenvalue weighted by Gasteiger charge is 2.48. The van der Waals surface area contributed by atoms with E-state index in [0.29, 0.717) is 26.4 Å². The summed E-state index contributed by atoms with van der Waals surface area (Å²) in [5.41, 5.74) is 2.41. The summed E-state index contributed by atoms with van der Waals surface area (Å²) >= 11 is 1.87. The third-order valence-electron chi connectivity index (χ3n) is 8.12. The van der Waals surface area contributed by atoms with Crippen molar-refractivity contribution in [3.05, 3.63) is 70.6 Å². The van der Waals surface area contributed by atoms with Gasteiger partial charge in [0, 0.05) is 42.4 Å². The Balaban J connectivity index is 1.64. The zero-order valence-corrected chi connectivity index (χ0v) is 27.7. The molecule has 6 heteroatoms. The van der Waals surface area contributed by atoms with E-state index in [1.165, 1.54) is 20.5 Å². The van der Waals surface area contributed by atoms with E-state index < -0.39 is 0 Å². The van der Waals surface area contributed by atoms with Gasteiger partial charge in [-0.15, -0.1) is 11.3 Å². The van der Waals surface area contributed by atoms with E-state index in [2.05, 4.69) is 82.3 Å². The highest BCUT2D eigenvalue weighted by Crippen LogP contribution is 2.38. The van der Waals surface area contributed by atoms with Crippen molar-refractivity contribution in [2.45, 2.75) is 116 Å². The van der Waals surface area contributed by atoms with Crippen LogP contribution in [0.2, 0.25) is 0 Å². The van der Waals surface area contributed by atoms with Crippen molar-refractivity contribution >= 4 is 21.4 Å². The van der Waals surface area contributed by atoms with Crippen molar-refractivity contribution in [3.63, 3.8) is 0 Å². The Hall–Kier alpha value is -1.80. The van der Waals surface area contributed by atoms with E-state index in [0.717, 1.165) is 70.0 Å². The molecule has 1 fully saturated rings. The van der Waals surface area contributed by atoms with Crippen molar-refractivity contribution in [2.75, 3.05) is 33.0 Å². The molecule has 238 valence electrons. The van der Waals surface area contributed by atoms with Crippen LogP contribution in [-0.2, 0) is 30.1 Å². The van der Waals surface area contributed by atoms with Gasteiger partial charge in [-0.05, 0) is 54.3 Å². The largest absolute Gasteiger partial charge is 0.379 e. The van der Waals surface area contributed by atoms with Crippen LogP contribution in [0.1, 0.15) is 101 Å². The molecule has 5 atom stereocenters. The van der Waals surface area contributed by atoms with Crippen molar-refractivity contribution < 1.29 is 23.7 Å². The first-order chi connectivity index (χ1) is 21.2. The third kappa shape index (κ3) is 10.1. The fraction of sp³-hybridized carbons (Fsp3) is 0.622. The molecule has 4 rings (SSSR count). The molecular weight excluding hydrogens is 556 g/mol. The molecular formula is C37H54O5S. The molecule has 5 nitrogen and oxygen atoms in total. The maximum Gasteiger partial charge on any atom is 0.117 e. The average Bonchev–Trinajstić information content (AvgIpc) is 3.43. The van der Waals surface area contributed by atoms with Crippen LogP contribution in [0, 0.1) is 0 Å². The van der Waals surface area contributed by atoms with Gasteiger partial charge in [-0.3, -0.25) is 0 Å². The van der Waals surface area contributed by atoms with Gasteiger partial charge in [0.05, 0.1) is 6.61 Å². The highest BCUT2D eigenvalue weighted by atomic mass is 32.1. The third-order valence-corrected chi connectivity index (χ3v) is 9.23. The van der Waals surface area contributed by atoms with E-state index in [9.17, 15) is 0 Å². The summed E-state index contributed by atoms with van der Waals surface area (Å²) in [6, 6.07) is 19.8. The van der Waals surface area contributed by atoms with E-state index in [1.807, 2.05) is 11.3 Å².